The van der Waals surface area contributed by atoms with E-state index in [0.717, 1.165) is 12.2 Å². The molecule has 0 spiro atoms. The molecule has 0 bridgehead atoms. The van der Waals surface area contributed by atoms with E-state index >= 15 is 0 Å². The molecule has 2 aromatic rings. The van der Waals surface area contributed by atoms with Gasteiger partial charge in [-0.2, -0.15) is 16.7 Å². The number of hydrogen-bond donors (Lipinski definition) is 1. The Morgan fingerprint density at radius 1 is 1.50 bits per heavy atom. The van der Waals surface area contributed by atoms with E-state index in [1.807, 2.05) is 6.26 Å². The van der Waals surface area contributed by atoms with Crippen LogP contribution in [-0.4, -0.2) is 29.3 Å². The fourth-order valence-corrected chi connectivity index (χ4v) is 2.16. The van der Waals surface area contributed by atoms with Crippen molar-refractivity contribution in [2.24, 2.45) is 5.73 Å². The zero-order chi connectivity index (χ0) is 14.5. The van der Waals surface area contributed by atoms with Crippen LogP contribution in [0.3, 0.4) is 0 Å². The van der Waals surface area contributed by atoms with Gasteiger partial charge in [-0.05, 0) is 36.6 Å². The van der Waals surface area contributed by atoms with Gasteiger partial charge in [-0.25, -0.2) is 4.39 Å². The molecular formula is C13H16FN3O2S. The van der Waals surface area contributed by atoms with E-state index in [2.05, 4.69) is 10.1 Å². The number of methoxy groups -OCH3 is 1. The summed E-state index contributed by atoms with van der Waals surface area (Å²) in [5, 5.41) is 3.87. The normalized spacial score (nSPS) is 12.4. The van der Waals surface area contributed by atoms with E-state index in [1.54, 1.807) is 17.8 Å². The van der Waals surface area contributed by atoms with Crippen molar-refractivity contribution in [2.75, 3.05) is 19.1 Å². The van der Waals surface area contributed by atoms with Crippen molar-refractivity contribution < 1.29 is 13.7 Å². The maximum absolute atomic E-state index is 13.3. The largest absolute Gasteiger partial charge is 0.494 e. The molecule has 1 aromatic carbocycles. The summed E-state index contributed by atoms with van der Waals surface area (Å²) in [5.41, 5.74) is 6.58. The highest BCUT2D eigenvalue weighted by atomic mass is 32.2. The van der Waals surface area contributed by atoms with Crippen molar-refractivity contribution in [1.82, 2.24) is 10.1 Å². The first kappa shape index (κ1) is 14.8. The number of thioether (sulfide) groups is 1. The van der Waals surface area contributed by atoms with Crippen molar-refractivity contribution in [2.45, 2.75) is 12.5 Å². The molecule has 0 aliphatic carbocycles. The molecule has 1 atom stereocenters. The van der Waals surface area contributed by atoms with Gasteiger partial charge < -0.3 is 15.0 Å². The molecule has 5 nitrogen and oxygen atoms in total. The Morgan fingerprint density at radius 2 is 2.30 bits per heavy atom. The molecule has 0 aliphatic heterocycles. The van der Waals surface area contributed by atoms with Gasteiger partial charge in [0.1, 0.15) is 0 Å². The standard InChI is InChI=1S/C13H16FN3O2S/c1-18-11-7-8(3-4-9(11)14)12-16-13(19-17-12)10(15)5-6-20-2/h3-4,7,10H,5-6,15H2,1-2H3/t10-/m0/s1. The second-order valence-corrected chi connectivity index (χ2v) is 5.18. The number of nitrogens with two attached hydrogens (primary N) is 1. The first-order valence-electron chi connectivity index (χ1n) is 6.07. The predicted octanol–water partition coefficient (Wildman–Crippen LogP) is 2.64. The van der Waals surface area contributed by atoms with E-state index in [1.165, 1.54) is 19.2 Å². The number of nitrogens with zero attached hydrogens (tertiary/aromatic N) is 2. The Hall–Kier alpha value is -1.60. The van der Waals surface area contributed by atoms with Crippen molar-refractivity contribution in [3.63, 3.8) is 0 Å². The summed E-state index contributed by atoms with van der Waals surface area (Å²) in [5.74, 6) is 1.39. The van der Waals surface area contributed by atoms with Crippen LogP contribution >= 0.6 is 11.8 Å². The minimum Gasteiger partial charge on any atom is -0.494 e. The van der Waals surface area contributed by atoms with E-state index in [4.69, 9.17) is 15.0 Å². The molecule has 20 heavy (non-hydrogen) atoms. The number of benzene rings is 1. The van der Waals surface area contributed by atoms with E-state index in [0.29, 0.717) is 17.3 Å². The fourth-order valence-electron chi connectivity index (χ4n) is 1.67. The molecular weight excluding hydrogens is 281 g/mol. The van der Waals surface area contributed by atoms with Gasteiger partial charge in [0.2, 0.25) is 11.7 Å². The predicted molar refractivity (Wildman–Crippen MR) is 76.2 cm³/mol. The topological polar surface area (TPSA) is 74.2 Å². The molecule has 1 aromatic heterocycles. The lowest BCUT2D eigenvalue weighted by Crippen LogP contribution is -2.11. The maximum atomic E-state index is 13.3. The minimum atomic E-state index is -0.434. The Morgan fingerprint density at radius 3 is 3.00 bits per heavy atom. The van der Waals surface area contributed by atoms with Crippen LogP contribution in [0, 0.1) is 5.82 Å². The molecule has 0 saturated carbocycles. The number of rotatable bonds is 6. The van der Waals surface area contributed by atoms with Gasteiger partial charge in [0.05, 0.1) is 13.2 Å². The number of aromatic nitrogens is 2. The van der Waals surface area contributed by atoms with Crippen LogP contribution in [0.25, 0.3) is 11.4 Å². The van der Waals surface area contributed by atoms with Crippen LogP contribution in [-0.2, 0) is 0 Å². The molecule has 108 valence electrons. The van der Waals surface area contributed by atoms with Crippen LogP contribution < -0.4 is 10.5 Å². The van der Waals surface area contributed by atoms with Gasteiger partial charge in [-0.3, -0.25) is 0 Å². The van der Waals surface area contributed by atoms with Crippen LogP contribution in [0.2, 0.25) is 0 Å². The third kappa shape index (κ3) is 3.29. The third-order valence-electron chi connectivity index (χ3n) is 2.80. The van der Waals surface area contributed by atoms with E-state index < -0.39 is 5.82 Å². The minimum absolute atomic E-state index is 0.139. The van der Waals surface area contributed by atoms with Crippen LogP contribution in [0.4, 0.5) is 4.39 Å². The quantitative estimate of drug-likeness (QED) is 0.883. The van der Waals surface area contributed by atoms with E-state index in [-0.39, 0.29) is 11.8 Å². The zero-order valence-corrected chi connectivity index (χ0v) is 12.1. The van der Waals surface area contributed by atoms with Crippen molar-refractivity contribution in [3.8, 4) is 17.1 Å². The Bertz CT molecular complexity index is 576. The molecule has 7 heteroatoms. The Labute approximate surface area is 120 Å². The van der Waals surface area contributed by atoms with Gasteiger partial charge >= 0.3 is 0 Å². The van der Waals surface area contributed by atoms with Crippen LogP contribution in [0.15, 0.2) is 22.7 Å². The highest BCUT2D eigenvalue weighted by Crippen LogP contribution is 2.25. The van der Waals surface area contributed by atoms with Crippen LogP contribution in [0.1, 0.15) is 18.4 Å². The summed E-state index contributed by atoms with van der Waals surface area (Å²) >= 11 is 1.71. The first-order chi connectivity index (χ1) is 9.65. The smallest absolute Gasteiger partial charge is 0.243 e. The second-order valence-electron chi connectivity index (χ2n) is 4.19. The van der Waals surface area contributed by atoms with Crippen LogP contribution in [0.5, 0.6) is 5.75 Å². The number of hydrogen-bond acceptors (Lipinski definition) is 6. The summed E-state index contributed by atoms with van der Waals surface area (Å²) < 4.78 is 23.4. The fraction of sp³-hybridized carbons (Fsp3) is 0.385. The molecule has 0 unspecified atom stereocenters. The van der Waals surface area contributed by atoms with Crippen molar-refractivity contribution >= 4 is 11.8 Å². The summed E-state index contributed by atoms with van der Waals surface area (Å²) in [6.07, 6.45) is 2.77. The highest BCUT2D eigenvalue weighted by Gasteiger charge is 2.16. The molecule has 0 radical (unpaired) electrons. The van der Waals surface area contributed by atoms with E-state index in [9.17, 15) is 4.39 Å². The van der Waals surface area contributed by atoms with Gasteiger partial charge in [-0.15, -0.1) is 0 Å². The molecule has 1 heterocycles. The van der Waals surface area contributed by atoms with Crippen molar-refractivity contribution in [1.29, 1.82) is 0 Å². The lowest BCUT2D eigenvalue weighted by Gasteiger charge is -2.04. The number of halogens is 1. The molecule has 0 fully saturated rings. The lowest BCUT2D eigenvalue weighted by atomic mass is 10.2. The summed E-state index contributed by atoms with van der Waals surface area (Å²) in [4.78, 5) is 4.25. The first-order valence-corrected chi connectivity index (χ1v) is 7.47. The second kappa shape index (κ2) is 6.71. The summed E-state index contributed by atoms with van der Waals surface area (Å²) in [7, 11) is 1.40. The van der Waals surface area contributed by atoms with Crippen molar-refractivity contribution in [3.05, 3.63) is 29.9 Å². The SMILES string of the molecule is COc1cc(-c2noc([C@@H](N)CCSC)n2)ccc1F. The molecule has 2 rings (SSSR count). The van der Waals surface area contributed by atoms with Gasteiger partial charge in [0.15, 0.2) is 11.6 Å². The lowest BCUT2D eigenvalue weighted by molar-refractivity contribution is 0.353. The average molecular weight is 297 g/mol. The number of ether oxygens (including phenoxy) is 1. The molecule has 0 saturated heterocycles. The summed E-state index contributed by atoms with van der Waals surface area (Å²) in [6.45, 7) is 0. The Kier molecular flexibility index (Phi) is 4.97. The molecule has 0 aliphatic rings. The van der Waals surface area contributed by atoms with Gasteiger partial charge in [-0.1, -0.05) is 5.16 Å². The van der Waals surface area contributed by atoms with Gasteiger partial charge in [0, 0.05) is 5.56 Å². The Balaban J connectivity index is 2.20. The maximum Gasteiger partial charge on any atom is 0.243 e. The molecule has 2 N–H and O–H groups in total. The highest BCUT2D eigenvalue weighted by molar-refractivity contribution is 7.98. The third-order valence-corrected chi connectivity index (χ3v) is 3.45. The average Bonchev–Trinajstić information content (AvgIpc) is 2.95. The molecule has 0 amide bonds. The zero-order valence-electron chi connectivity index (χ0n) is 11.3. The van der Waals surface area contributed by atoms with Gasteiger partial charge in [0.25, 0.3) is 0 Å². The monoisotopic (exact) mass is 297 g/mol. The summed E-state index contributed by atoms with van der Waals surface area (Å²) in [6, 6.07) is 4.11.